The van der Waals surface area contributed by atoms with Gasteiger partial charge in [0, 0.05) is 36.7 Å². The summed E-state index contributed by atoms with van der Waals surface area (Å²) in [5.41, 5.74) is 2.82. The van der Waals surface area contributed by atoms with E-state index in [2.05, 4.69) is 5.32 Å². The SMILES string of the molecule is O=C(CCCC(=O)c1cccs1)Nc1ccc2c(c1)N(C(=O)C1CC1)CCC2. The Morgan fingerprint density at radius 3 is 2.75 bits per heavy atom. The number of thiophene rings is 1. The molecule has 2 aliphatic rings. The second kappa shape index (κ2) is 8.27. The van der Waals surface area contributed by atoms with Gasteiger partial charge in [0.15, 0.2) is 5.78 Å². The van der Waals surface area contributed by atoms with Crippen LogP contribution in [-0.4, -0.2) is 24.1 Å². The molecule has 0 saturated heterocycles. The Morgan fingerprint density at radius 1 is 1.14 bits per heavy atom. The number of rotatable bonds is 7. The predicted molar refractivity (Wildman–Crippen MR) is 111 cm³/mol. The fourth-order valence-electron chi connectivity index (χ4n) is 3.63. The fourth-order valence-corrected chi connectivity index (χ4v) is 4.32. The third-order valence-electron chi connectivity index (χ3n) is 5.28. The van der Waals surface area contributed by atoms with Crippen molar-refractivity contribution in [3.63, 3.8) is 0 Å². The molecule has 28 heavy (non-hydrogen) atoms. The number of benzene rings is 1. The molecule has 2 amide bonds. The Labute approximate surface area is 168 Å². The van der Waals surface area contributed by atoms with Crippen molar-refractivity contribution in [3.05, 3.63) is 46.2 Å². The number of carbonyl (C=O) groups is 3. The van der Waals surface area contributed by atoms with E-state index in [0.717, 1.165) is 42.8 Å². The lowest BCUT2D eigenvalue weighted by Gasteiger charge is -2.30. The van der Waals surface area contributed by atoms with Crippen LogP contribution in [0, 0.1) is 5.92 Å². The number of anilines is 2. The Bertz CT molecular complexity index is 887. The Morgan fingerprint density at radius 2 is 2.00 bits per heavy atom. The molecule has 2 aromatic rings. The standard InChI is InChI=1S/C22H24N2O3S/c25-19(20-6-3-13-28-20)5-1-7-21(26)23-17-11-10-15-4-2-12-24(18(15)14-17)22(27)16-8-9-16/h3,6,10-11,13-14,16H,1-2,4-5,7-9,12H2,(H,23,26). The highest BCUT2D eigenvalue weighted by Gasteiger charge is 2.35. The molecule has 4 rings (SSSR count). The minimum absolute atomic E-state index is 0.0887. The van der Waals surface area contributed by atoms with E-state index in [-0.39, 0.29) is 23.5 Å². The fraction of sp³-hybridized carbons (Fsp3) is 0.409. The maximum atomic E-state index is 12.6. The van der Waals surface area contributed by atoms with Crippen LogP contribution in [0.2, 0.25) is 0 Å². The second-order valence-electron chi connectivity index (χ2n) is 7.51. The number of amides is 2. The first-order chi connectivity index (χ1) is 13.6. The number of ketones is 1. The molecule has 6 heteroatoms. The van der Waals surface area contributed by atoms with Crippen molar-refractivity contribution in [1.29, 1.82) is 0 Å². The maximum Gasteiger partial charge on any atom is 0.230 e. The molecule has 0 atom stereocenters. The molecule has 2 heterocycles. The minimum Gasteiger partial charge on any atom is -0.326 e. The third kappa shape index (κ3) is 4.33. The van der Waals surface area contributed by atoms with E-state index in [1.165, 1.54) is 16.9 Å². The Hall–Kier alpha value is -2.47. The molecule has 1 saturated carbocycles. The molecule has 1 fully saturated rings. The molecule has 1 aliphatic carbocycles. The normalized spacial score (nSPS) is 15.8. The molecule has 0 spiro atoms. The smallest absolute Gasteiger partial charge is 0.230 e. The van der Waals surface area contributed by atoms with Crippen LogP contribution in [0.1, 0.15) is 53.8 Å². The van der Waals surface area contributed by atoms with Crippen LogP contribution in [-0.2, 0) is 16.0 Å². The molecule has 1 N–H and O–H groups in total. The average molecular weight is 397 g/mol. The molecule has 146 valence electrons. The predicted octanol–water partition coefficient (Wildman–Crippen LogP) is 4.43. The molecule has 1 aromatic heterocycles. The zero-order chi connectivity index (χ0) is 19.5. The van der Waals surface area contributed by atoms with Crippen LogP contribution in [0.4, 0.5) is 11.4 Å². The first kappa shape index (κ1) is 18.9. The van der Waals surface area contributed by atoms with Gasteiger partial charge < -0.3 is 10.2 Å². The Kier molecular flexibility index (Phi) is 5.57. The quantitative estimate of drug-likeness (QED) is 0.704. The first-order valence-corrected chi connectivity index (χ1v) is 10.8. The minimum atomic E-state index is -0.102. The highest BCUT2D eigenvalue weighted by molar-refractivity contribution is 7.12. The lowest BCUT2D eigenvalue weighted by atomic mass is 10.0. The monoisotopic (exact) mass is 396 g/mol. The molecular weight excluding hydrogens is 372 g/mol. The highest BCUT2D eigenvalue weighted by Crippen LogP contribution is 2.36. The lowest BCUT2D eigenvalue weighted by Crippen LogP contribution is -2.36. The summed E-state index contributed by atoms with van der Waals surface area (Å²) in [6, 6.07) is 9.51. The number of hydrogen-bond acceptors (Lipinski definition) is 4. The molecule has 0 bridgehead atoms. The largest absolute Gasteiger partial charge is 0.326 e. The number of aryl methyl sites for hydroxylation is 1. The van der Waals surface area contributed by atoms with Crippen LogP contribution in [0.25, 0.3) is 0 Å². The molecular formula is C22H24N2O3S. The van der Waals surface area contributed by atoms with Gasteiger partial charge in [-0.15, -0.1) is 11.3 Å². The second-order valence-corrected chi connectivity index (χ2v) is 8.46. The van der Waals surface area contributed by atoms with Crippen LogP contribution in [0.5, 0.6) is 0 Å². The third-order valence-corrected chi connectivity index (χ3v) is 6.19. The van der Waals surface area contributed by atoms with Gasteiger partial charge in [-0.3, -0.25) is 14.4 Å². The van der Waals surface area contributed by atoms with Crippen molar-refractivity contribution >= 4 is 40.3 Å². The van der Waals surface area contributed by atoms with E-state index >= 15 is 0 Å². The summed E-state index contributed by atoms with van der Waals surface area (Å²) < 4.78 is 0. The van der Waals surface area contributed by atoms with Gasteiger partial charge in [-0.1, -0.05) is 12.1 Å². The number of nitrogens with zero attached hydrogens (tertiary/aromatic N) is 1. The zero-order valence-corrected chi connectivity index (χ0v) is 16.6. The van der Waals surface area contributed by atoms with E-state index < -0.39 is 0 Å². The van der Waals surface area contributed by atoms with Gasteiger partial charge in [0.25, 0.3) is 0 Å². The van der Waals surface area contributed by atoms with Crippen molar-refractivity contribution in [1.82, 2.24) is 0 Å². The summed E-state index contributed by atoms with van der Waals surface area (Å²) in [5.74, 6) is 0.391. The van der Waals surface area contributed by atoms with E-state index in [0.29, 0.717) is 24.9 Å². The van der Waals surface area contributed by atoms with Crippen molar-refractivity contribution in [2.75, 3.05) is 16.8 Å². The highest BCUT2D eigenvalue weighted by atomic mass is 32.1. The van der Waals surface area contributed by atoms with Gasteiger partial charge in [-0.2, -0.15) is 0 Å². The van der Waals surface area contributed by atoms with Gasteiger partial charge in [0.05, 0.1) is 4.88 Å². The average Bonchev–Trinajstić information content (AvgIpc) is 3.40. The zero-order valence-electron chi connectivity index (χ0n) is 15.8. The van der Waals surface area contributed by atoms with Gasteiger partial charge in [0.1, 0.15) is 0 Å². The van der Waals surface area contributed by atoms with Crippen LogP contribution < -0.4 is 10.2 Å². The Balaban J connectivity index is 1.34. The summed E-state index contributed by atoms with van der Waals surface area (Å²) in [5, 5.41) is 4.80. The maximum absolute atomic E-state index is 12.6. The molecule has 1 aliphatic heterocycles. The van der Waals surface area contributed by atoms with Crippen LogP contribution in [0.15, 0.2) is 35.7 Å². The lowest BCUT2D eigenvalue weighted by molar-refractivity contribution is -0.120. The van der Waals surface area contributed by atoms with E-state index in [1.807, 2.05) is 40.6 Å². The number of Topliss-reactive ketones (excluding diaryl/α,β-unsaturated/α-hetero) is 1. The first-order valence-electron chi connectivity index (χ1n) is 9.92. The number of fused-ring (bicyclic) bond motifs is 1. The van der Waals surface area contributed by atoms with Crippen molar-refractivity contribution in [3.8, 4) is 0 Å². The van der Waals surface area contributed by atoms with Gasteiger partial charge in [-0.25, -0.2) is 0 Å². The van der Waals surface area contributed by atoms with Crippen molar-refractivity contribution in [2.45, 2.75) is 44.9 Å². The summed E-state index contributed by atoms with van der Waals surface area (Å²) in [7, 11) is 0. The number of carbonyl (C=O) groups excluding carboxylic acids is 3. The molecule has 0 unspecified atom stereocenters. The van der Waals surface area contributed by atoms with Gasteiger partial charge >= 0.3 is 0 Å². The summed E-state index contributed by atoms with van der Waals surface area (Å²) in [6.45, 7) is 0.755. The summed E-state index contributed by atoms with van der Waals surface area (Å²) in [4.78, 5) is 39.5. The van der Waals surface area contributed by atoms with Gasteiger partial charge in [0.2, 0.25) is 11.8 Å². The molecule has 0 radical (unpaired) electrons. The number of nitrogens with one attached hydrogen (secondary N) is 1. The molecule has 1 aromatic carbocycles. The summed E-state index contributed by atoms with van der Waals surface area (Å²) in [6.07, 6.45) is 5.13. The van der Waals surface area contributed by atoms with Crippen molar-refractivity contribution < 1.29 is 14.4 Å². The topological polar surface area (TPSA) is 66.5 Å². The van der Waals surface area contributed by atoms with E-state index in [4.69, 9.17) is 0 Å². The molecule has 5 nitrogen and oxygen atoms in total. The van der Waals surface area contributed by atoms with Crippen molar-refractivity contribution in [2.24, 2.45) is 5.92 Å². The van der Waals surface area contributed by atoms with E-state index in [9.17, 15) is 14.4 Å². The van der Waals surface area contributed by atoms with E-state index in [1.54, 1.807) is 0 Å². The van der Waals surface area contributed by atoms with Crippen LogP contribution >= 0.6 is 11.3 Å². The van der Waals surface area contributed by atoms with Crippen LogP contribution in [0.3, 0.4) is 0 Å². The summed E-state index contributed by atoms with van der Waals surface area (Å²) >= 11 is 1.43. The number of hydrogen-bond donors (Lipinski definition) is 1. The van der Waals surface area contributed by atoms with Gasteiger partial charge in [-0.05, 0) is 61.2 Å².